The summed E-state index contributed by atoms with van der Waals surface area (Å²) >= 11 is 3.23. The molecule has 108 valence electrons. The number of rotatable bonds is 1. The zero-order valence-electron chi connectivity index (χ0n) is 11.6. The van der Waals surface area contributed by atoms with E-state index < -0.39 is 17.3 Å². The highest BCUT2D eigenvalue weighted by Gasteiger charge is 2.43. The topological polar surface area (TPSA) is 40.6 Å². The molecule has 2 amide bonds. The second-order valence-electron chi connectivity index (χ2n) is 5.37. The molecule has 0 saturated carbocycles. The lowest BCUT2D eigenvalue weighted by molar-refractivity contribution is -0.144. The van der Waals surface area contributed by atoms with E-state index in [0.29, 0.717) is 17.6 Å². The molecule has 1 aliphatic rings. The van der Waals surface area contributed by atoms with E-state index in [2.05, 4.69) is 15.9 Å². The Morgan fingerprint density at radius 2 is 2.00 bits per heavy atom. The summed E-state index contributed by atoms with van der Waals surface area (Å²) in [6, 6.07) is 4.21. The average Bonchev–Trinajstić information content (AvgIpc) is 2.38. The van der Waals surface area contributed by atoms with Crippen molar-refractivity contribution in [3.8, 4) is 0 Å². The van der Waals surface area contributed by atoms with Crippen LogP contribution in [0.25, 0.3) is 0 Å². The van der Waals surface area contributed by atoms with Crippen LogP contribution in [0.1, 0.15) is 24.2 Å². The lowest BCUT2D eigenvalue weighted by Crippen LogP contribution is -2.63. The van der Waals surface area contributed by atoms with E-state index in [-0.39, 0.29) is 11.5 Å². The summed E-state index contributed by atoms with van der Waals surface area (Å²) in [5.74, 6) is -1.19. The number of hydrogen-bond acceptors (Lipinski definition) is 2. The maximum atomic E-state index is 13.8. The van der Waals surface area contributed by atoms with E-state index in [1.165, 1.54) is 23.1 Å². The first-order valence-corrected chi connectivity index (χ1v) is 7.07. The van der Waals surface area contributed by atoms with Crippen LogP contribution in [0, 0.1) is 5.82 Å². The van der Waals surface area contributed by atoms with Gasteiger partial charge in [-0.15, -0.1) is 0 Å². The van der Waals surface area contributed by atoms with Crippen LogP contribution < -0.4 is 0 Å². The van der Waals surface area contributed by atoms with Gasteiger partial charge in [0.2, 0.25) is 5.91 Å². The number of halogens is 2. The molecule has 2 rings (SSSR count). The molecule has 0 aliphatic carbocycles. The first-order valence-electron chi connectivity index (χ1n) is 6.27. The lowest BCUT2D eigenvalue weighted by Gasteiger charge is -2.44. The fourth-order valence-electron chi connectivity index (χ4n) is 2.38. The molecule has 0 unspecified atom stereocenters. The van der Waals surface area contributed by atoms with Crippen LogP contribution in [0.2, 0.25) is 0 Å². The molecule has 20 heavy (non-hydrogen) atoms. The van der Waals surface area contributed by atoms with E-state index in [4.69, 9.17) is 0 Å². The summed E-state index contributed by atoms with van der Waals surface area (Å²) < 4.78 is 14.5. The summed E-state index contributed by atoms with van der Waals surface area (Å²) in [6.07, 6.45) is 0. The third-order valence-electron chi connectivity index (χ3n) is 3.61. The standard InChI is InChI=1S/C14H16BrFN2O2/c1-14(2)13(20)17(3)6-7-18(14)12(19)10-8-9(15)4-5-11(10)16/h4-5,8H,6-7H2,1-3H3. The normalized spacial score (nSPS) is 18.4. The van der Waals surface area contributed by atoms with Gasteiger partial charge < -0.3 is 9.80 Å². The second kappa shape index (κ2) is 5.16. The van der Waals surface area contributed by atoms with Crippen molar-refractivity contribution in [2.75, 3.05) is 20.1 Å². The Morgan fingerprint density at radius 3 is 2.65 bits per heavy atom. The Morgan fingerprint density at radius 1 is 1.35 bits per heavy atom. The Kier molecular flexibility index (Phi) is 3.86. The molecule has 6 heteroatoms. The van der Waals surface area contributed by atoms with Gasteiger partial charge >= 0.3 is 0 Å². The van der Waals surface area contributed by atoms with Gasteiger partial charge in [-0.2, -0.15) is 0 Å². The predicted molar refractivity (Wildman–Crippen MR) is 76.9 cm³/mol. The third kappa shape index (κ3) is 2.44. The van der Waals surface area contributed by atoms with E-state index in [1.54, 1.807) is 25.8 Å². The molecule has 1 heterocycles. The first-order chi connectivity index (χ1) is 9.25. The van der Waals surface area contributed by atoms with E-state index in [0.717, 1.165) is 0 Å². The van der Waals surface area contributed by atoms with Gasteiger partial charge in [-0.25, -0.2) is 4.39 Å². The van der Waals surface area contributed by atoms with Crippen LogP contribution in [-0.2, 0) is 4.79 Å². The molecule has 0 spiro atoms. The van der Waals surface area contributed by atoms with Gasteiger partial charge in [0.25, 0.3) is 5.91 Å². The summed E-state index contributed by atoms with van der Waals surface area (Å²) in [4.78, 5) is 27.7. The fourth-order valence-corrected chi connectivity index (χ4v) is 2.74. The van der Waals surface area contributed by atoms with Gasteiger partial charge in [0.05, 0.1) is 5.56 Å². The highest BCUT2D eigenvalue weighted by Crippen LogP contribution is 2.26. The van der Waals surface area contributed by atoms with Crippen molar-refractivity contribution in [3.63, 3.8) is 0 Å². The average molecular weight is 343 g/mol. The quantitative estimate of drug-likeness (QED) is 0.785. The van der Waals surface area contributed by atoms with Crippen molar-refractivity contribution in [3.05, 3.63) is 34.1 Å². The predicted octanol–water partition coefficient (Wildman–Crippen LogP) is 2.28. The number of nitrogens with zero attached hydrogens (tertiary/aromatic N) is 2. The third-order valence-corrected chi connectivity index (χ3v) is 4.10. The monoisotopic (exact) mass is 342 g/mol. The number of amides is 2. The van der Waals surface area contributed by atoms with Gasteiger partial charge in [-0.1, -0.05) is 15.9 Å². The van der Waals surface area contributed by atoms with Crippen molar-refractivity contribution in [1.29, 1.82) is 0 Å². The minimum atomic E-state index is -0.973. The molecule has 0 atom stereocenters. The largest absolute Gasteiger partial charge is 0.342 e. The molecule has 0 aromatic heterocycles. The summed E-state index contributed by atoms with van der Waals surface area (Å²) in [7, 11) is 1.70. The Bertz CT molecular complexity index is 574. The number of likely N-dealkylation sites (N-methyl/N-ethyl adjacent to an activating group) is 1. The van der Waals surface area contributed by atoms with Gasteiger partial charge in [0, 0.05) is 24.6 Å². The number of carbonyl (C=O) groups is 2. The molecule has 1 fully saturated rings. The highest BCUT2D eigenvalue weighted by molar-refractivity contribution is 9.10. The molecular weight excluding hydrogens is 327 g/mol. The van der Waals surface area contributed by atoms with Crippen LogP contribution in [0.5, 0.6) is 0 Å². The van der Waals surface area contributed by atoms with Crippen LogP contribution in [0.3, 0.4) is 0 Å². The summed E-state index contributed by atoms with van der Waals surface area (Å²) in [5.41, 5.74) is -0.997. The molecule has 1 aromatic carbocycles. The minimum Gasteiger partial charge on any atom is -0.342 e. The summed E-state index contributed by atoms with van der Waals surface area (Å²) in [6.45, 7) is 4.20. The Hall–Kier alpha value is -1.43. The molecule has 0 radical (unpaired) electrons. The maximum absolute atomic E-state index is 13.8. The van der Waals surface area contributed by atoms with Crippen molar-refractivity contribution in [2.24, 2.45) is 0 Å². The van der Waals surface area contributed by atoms with Crippen LogP contribution in [0.4, 0.5) is 4.39 Å². The molecule has 0 bridgehead atoms. The van der Waals surface area contributed by atoms with Crippen LogP contribution >= 0.6 is 15.9 Å². The van der Waals surface area contributed by atoms with Crippen molar-refractivity contribution in [1.82, 2.24) is 9.80 Å². The van der Waals surface area contributed by atoms with Gasteiger partial charge in [-0.05, 0) is 32.0 Å². The number of hydrogen-bond donors (Lipinski definition) is 0. The van der Waals surface area contributed by atoms with E-state index >= 15 is 0 Å². The fraction of sp³-hybridized carbons (Fsp3) is 0.429. The van der Waals surface area contributed by atoms with Crippen molar-refractivity contribution in [2.45, 2.75) is 19.4 Å². The van der Waals surface area contributed by atoms with Crippen LogP contribution in [0.15, 0.2) is 22.7 Å². The van der Waals surface area contributed by atoms with Crippen molar-refractivity contribution < 1.29 is 14.0 Å². The van der Waals surface area contributed by atoms with Gasteiger partial charge in [0.1, 0.15) is 11.4 Å². The van der Waals surface area contributed by atoms with Gasteiger partial charge in [0.15, 0.2) is 0 Å². The molecule has 1 aliphatic heterocycles. The molecule has 1 aromatic rings. The molecular formula is C14H16BrFN2O2. The second-order valence-corrected chi connectivity index (χ2v) is 6.28. The van der Waals surface area contributed by atoms with Gasteiger partial charge in [-0.3, -0.25) is 9.59 Å². The minimum absolute atomic E-state index is 0.0233. The number of piperazine rings is 1. The SMILES string of the molecule is CN1CCN(C(=O)c2cc(Br)ccc2F)C(C)(C)C1=O. The maximum Gasteiger partial charge on any atom is 0.257 e. The smallest absolute Gasteiger partial charge is 0.257 e. The zero-order valence-corrected chi connectivity index (χ0v) is 13.2. The van der Waals surface area contributed by atoms with Crippen molar-refractivity contribution >= 4 is 27.7 Å². The lowest BCUT2D eigenvalue weighted by atomic mass is 9.96. The zero-order chi connectivity index (χ0) is 15.1. The Labute approximate surface area is 125 Å². The highest BCUT2D eigenvalue weighted by atomic mass is 79.9. The summed E-state index contributed by atoms with van der Waals surface area (Å²) in [5, 5.41) is 0. The van der Waals surface area contributed by atoms with E-state index in [1.807, 2.05) is 0 Å². The first kappa shape index (κ1) is 15.0. The molecule has 1 saturated heterocycles. The number of carbonyl (C=O) groups excluding carboxylic acids is 2. The Balaban J connectivity index is 2.38. The molecule has 4 nitrogen and oxygen atoms in total. The number of benzene rings is 1. The molecule has 0 N–H and O–H groups in total. The van der Waals surface area contributed by atoms with E-state index in [9.17, 15) is 14.0 Å². The van der Waals surface area contributed by atoms with Crippen LogP contribution in [-0.4, -0.2) is 47.3 Å².